The van der Waals surface area contributed by atoms with Crippen LogP contribution in [0.15, 0.2) is 47.1 Å². The lowest BCUT2D eigenvalue weighted by Gasteiger charge is -2.02. The second-order valence-electron chi connectivity index (χ2n) is 6.44. The molecule has 2 aromatic heterocycles. The standard InChI is InChI=1S/C20H19N3O4/c1-2-15-17(18(23-27-15)12-6-4-3-5-7-12)19(24)13-10-16(21-11-13)26-20(25)22-14-8-9-14/h3-7,10-11,14,21H,2,8-9H2,1H3,(H,22,25). The predicted molar refractivity (Wildman–Crippen MR) is 97.7 cm³/mol. The summed E-state index contributed by atoms with van der Waals surface area (Å²) < 4.78 is 10.6. The Morgan fingerprint density at radius 1 is 1.30 bits per heavy atom. The molecule has 0 radical (unpaired) electrons. The Labute approximate surface area is 155 Å². The van der Waals surface area contributed by atoms with Crippen molar-refractivity contribution in [2.24, 2.45) is 0 Å². The zero-order chi connectivity index (χ0) is 18.8. The number of ketones is 1. The summed E-state index contributed by atoms with van der Waals surface area (Å²) in [5, 5.41) is 6.82. The Kier molecular flexibility index (Phi) is 4.50. The van der Waals surface area contributed by atoms with Crippen LogP contribution in [0.5, 0.6) is 5.88 Å². The van der Waals surface area contributed by atoms with E-state index in [9.17, 15) is 9.59 Å². The monoisotopic (exact) mass is 365 g/mol. The van der Waals surface area contributed by atoms with Crippen molar-refractivity contribution in [2.75, 3.05) is 0 Å². The zero-order valence-corrected chi connectivity index (χ0v) is 14.8. The first kappa shape index (κ1) is 17.1. The third-order valence-corrected chi connectivity index (χ3v) is 4.38. The van der Waals surface area contributed by atoms with Crippen LogP contribution in [0, 0.1) is 0 Å². The Morgan fingerprint density at radius 3 is 2.78 bits per heavy atom. The smallest absolute Gasteiger partial charge is 0.393 e. The van der Waals surface area contributed by atoms with Gasteiger partial charge in [-0.3, -0.25) is 4.79 Å². The van der Waals surface area contributed by atoms with Crippen LogP contribution in [0.25, 0.3) is 11.3 Å². The van der Waals surface area contributed by atoms with E-state index in [0.717, 1.165) is 18.4 Å². The Bertz CT molecular complexity index is 970. The summed E-state index contributed by atoms with van der Waals surface area (Å²) >= 11 is 0. The molecular weight excluding hydrogens is 346 g/mol. The number of H-pyrrole nitrogens is 1. The second kappa shape index (κ2) is 7.11. The molecule has 0 aliphatic heterocycles. The Hall–Kier alpha value is -3.35. The number of amides is 1. The molecule has 2 N–H and O–H groups in total. The van der Waals surface area contributed by atoms with Crippen LogP contribution in [0.2, 0.25) is 0 Å². The molecule has 3 aromatic rings. The number of ether oxygens (including phenoxy) is 1. The summed E-state index contributed by atoms with van der Waals surface area (Å²) in [6.07, 6.45) is 3.47. The van der Waals surface area contributed by atoms with Gasteiger partial charge in [0.25, 0.3) is 0 Å². The van der Waals surface area contributed by atoms with Crippen LogP contribution in [-0.4, -0.2) is 28.1 Å². The van der Waals surface area contributed by atoms with Gasteiger partial charge in [0.1, 0.15) is 11.5 Å². The molecule has 27 heavy (non-hydrogen) atoms. The number of nitrogens with zero attached hydrogens (tertiary/aromatic N) is 1. The van der Waals surface area contributed by atoms with Crippen molar-refractivity contribution in [3.05, 3.63) is 59.5 Å². The van der Waals surface area contributed by atoms with Crippen molar-refractivity contribution in [3.63, 3.8) is 0 Å². The zero-order valence-electron chi connectivity index (χ0n) is 14.8. The molecule has 4 rings (SSSR count). The van der Waals surface area contributed by atoms with Gasteiger partial charge in [-0.15, -0.1) is 0 Å². The molecule has 1 amide bonds. The molecular formula is C20H19N3O4. The SMILES string of the molecule is CCc1onc(-c2ccccc2)c1C(=O)c1c[nH]c(OC(=O)NC2CC2)c1. The summed E-state index contributed by atoms with van der Waals surface area (Å²) in [6.45, 7) is 1.90. The van der Waals surface area contributed by atoms with Crippen molar-refractivity contribution in [1.82, 2.24) is 15.5 Å². The number of rotatable bonds is 6. The highest BCUT2D eigenvalue weighted by Crippen LogP contribution is 2.29. The molecule has 0 unspecified atom stereocenters. The number of benzene rings is 1. The number of hydrogen-bond donors (Lipinski definition) is 2. The first-order valence-corrected chi connectivity index (χ1v) is 8.91. The Balaban J connectivity index is 1.59. The van der Waals surface area contributed by atoms with E-state index in [4.69, 9.17) is 9.26 Å². The van der Waals surface area contributed by atoms with E-state index in [1.807, 2.05) is 37.3 Å². The molecule has 0 spiro atoms. The highest BCUT2D eigenvalue weighted by Gasteiger charge is 2.26. The highest BCUT2D eigenvalue weighted by atomic mass is 16.6. The molecule has 1 aliphatic rings. The molecule has 0 saturated heterocycles. The molecule has 1 fully saturated rings. The summed E-state index contributed by atoms with van der Waals surface area (Å²) in [5.74, 6) is 0.502. The number of aryl methyl sites for hydroxylation is 1. The first-order valence-electron chi connectivity index (χ1n) is 8.91. The lowest BCUT2D eigenvalue weighted by atomic mass is 9.98. The van der Waals surface area contributed by atoms with Crippen molar-refractivity contribution in [3.8, 4) is 17.1 Å². The van der Waals surface area contributed by atoms with Gasteiger partial charge in [0, 0.05) is 35.9 Å². The third-order valence-electron chi connectivity index (χ3n) is 4.38. The van der Waals surface area contributed by atoms with Gasteiger partial charge in [-0.25, -0.2) is 4.79 Å². The van der Waals surface area contributed by atoms with E-state index in [0.29, 0.717) is 29.0 Å². The number of carbonyl (C=O) groups excluding carboxylic acids is 2. The second-order valence-corrected chi connectivity index (χ2v) is 6.44. The van der Waals surface area contributed by atoms with Crippen LogP contribution < -0.4 is 10.1 Å². The van der Waals surface area contributed by atoms with Gasteiger partial charge in [0.15, 0.2) is 0 Å². The lowest BCUT2D eigenvalue weighted by molar-refractivity contribution is 0.103. The summed E-state index contributed by atoms with van der Waals surface area (Å²) in [5.41, 5.74) is 2.11. The van der Waals surface area contributed by atoms with Gasteiger partial charge < -0.3 is 19.6 Å². The number of nitrogens with one attached hydrogen (secondary N) is 2. The minimum atomic E-state index is -0.525. The molecule has 7 nitrogen and oxygen atoms in total. The number of aromatic nitrogens is 2. The number of aromatic amines is 1. The number of carbonyl (C=O) groups is 2. The maximum absolute atomic E-state index is 13.1. The van der Waals surface area contributed by atoms with E-state index < -0.39 is 6.09 Å². The molecule has 1 aliphatic carbocycles. The third kappa shape index (κ3) is 3.62. The van der Waals surface area contributed by atoms with Crippen LogP contribution >= 0.6 is 0 Å². The quantitative estimate of drug-likeness (QED) is 0.649. The first-order chi connectivity index (χ1) is 13.2. The van der Waals surface area contributed by atoms with Crippen molar-refractivity contribution < 1.29 is 18.8 Å². The molecule has 0 atom stereocenters. The largest absolute Gasteiger partial charge is 0.414 e. The van der Waals surface area contributed by atoms with E-state index >= 15 is 0 Å². The van der Waals surface area contributed by atoms with Crippen LogP contribution in [0.3, 0.4) is 0 Å². The molecule has 0 bridgehead atoms. The van der Waals surface area contributed by atoms with E-state index in [1.54, 1.807) is 0 Å². The maximum Gasteiger partial charge on any atom is 0.414 e. The summed E-state index contributed by atoms with van der Waals surface area (Å²) in [4.78, 5) is 27.7. The van der Waals surface area contributed by atoms with Gasteiger partial charge in [-0.05, 0) is 12.8 Å². The molecule has 7 heteroatoms. The van der Waals surface area contributed by atoms with Crippen molar-refractivity contribution >= 4 is 11.9 Å². The maximum atomic E-state index is 13.1. The van der Waals surface area contributed by atoms with Gasteiger partial charge >= 0.3 is 6.09 Å². The average molecular weight is 365 g/mol. The summed E-state index contributed by atoms with van der Waals surface area (Å²) in [7, 11) is 0. The topological polar surface area (TPSA) is 97.2 Å². The highest BCUT2D eigenvalue weighted by molar-refractivity contribution is 6.13. The molecule has 2 heterocycles. The number of hydrogen-bond acceptors (Lipinski definition) is 5. The van der Waals surface area contributed by atoms with Crippen molar-refractivity contribution in [1.29, 1.82) is 0 Å². The average Bonchev–Trinajstić information content (AvgIpc) is 3.20. The van der Waals surface area contributed by atoms with E-state index in [-0.39, 0.29) is 17.7 Å². The fourth-order valence-electron chi connectivity index (χ4n) is 2.82. The molecule has 1 aromatic carbocycles. The Morgan fingerprint density at radius 2 is 2.07 bits per heavy atom. The van der Waals surface area contributed by atoms with Crippen molar-refractivity contribution in [2.45, 2.75) is 32.2 Å². The van der Waals surface area contributed by atoms with Crippen LogP contribution in [-0.2, 0) is 6.42 Å². The van der Waals surface area contributed by atoms with E-state index in [1.165, 1.54) is 12.3 Å². The van der Waals surface area contributed by atoms with Gasteiger partial charge in [-0.2, -0.15) is 0 Å². The van der Waals surface area contributed by atoms with Gasteiger partial charge in [0.05, 0.1) is 5.56 Å². The van der Waals surface area contributed by atoms with Crippen LogP contribution in [0.4, 0.5) is 4.79 Å². The molecule has 1 saturated carbocycles. The lowest BCUT2D eigenvalue weighted by Crippen LogP contribution is -2.28. The van der Waals surface area contributed by atoms with Gasteiger partial charge in [0.2, 0.25) is 11.7 Å². The van der Waals surface area contributed by atoms with Crippen LogP contribution in [0.1, 0.15) is 41.4 Å². The fourth-order valence-corrected chi connectivity index (χ4v) is 2.82. The minimum absolute atomic E-state index is 0.200. The van der Waals surface area contributed by atoms with E-state index in [2.05, 4.69) is 15.5 Å². The normalized spacial score (nSPS) is 13.4. The predicted octanol–water partition coefficient (Wildman–Crippen LogP) is 3.71. The van der Waals surface area contributed by atoms with Gasteiger partial charge in [-0.1, -0.05) is 42.4 Å². The molecule has 138 valence electrons. The summed E-state index contributed by atoms with van der Waals surface area (Å²) in [6, 6.07) is 11.1. The minimum Gasteiger partial charge on any atom is -0.393 e. The fraction of sp³-hybridized carbons (Fsp3) is 0.250.